The molecule has 0 saturated carbocycles. The van der Waals surface area contributed by atoms with Crippen LogP contribution in [0.15, 0.2) is 77.9 Å². The summed E-state index contributed by atoms with van der Waals surface area (Å²) in [5, 5.41) is 11.7. The van der Waals surface area contributed by atoms with Gasteiger partial charge in [-0.3, -0.25) is 0 Å². The molecule has 3 aromatic carbocycles. The molecule has 31 heavy (non-hydrogen) atoms. The van der Waals surface area contributed by atoms with Crippen LogP contribution < -0.4 is 9.47 Å². The number of nitrogens with zero attached hydrogens (tertiary/aromatic N) is 3. The van der Waals surface area contributed by atoms with Crippen molar-refractivity contribution in [2.24, 2.45) is 5.10 Å². The van der Waals surface area contributed by atoms with Crippen molar-refractivity contribution < 1.29 is 9.47 Å². The Hall–Kier alpha value is -3.71. The smallest absolute Gasteiger partial charge is 0.216 e. The Kier molecular flexibility index (Phi) is 6.24. The van der Waals surface area contributed by atoms with Gasteiger partial charge in [-0.2, -0.15) is 14.9 Å². The fourth-order valence-electron chi connectivity index (χ4n) is 3.14. The number of nitrogens with one attached hydrogen (secondary N) is 1. The summed E-state index contributed by atoms with van der Waals surface area (Å²) in [5.74, 6) is 1.97. The van der Waals surface area contributed by atoms with Crippen LogP contribution in [0.25, 0.3) is 11.4 Å². The Morgan fingerprint density at radius 1 is 1.03 bits per heavy atom. The average molecular weight is 431 g/mol. The van der Waals surface area contributed by atoms with E-state index in [0.717, 1.165) is 22.3 Å². The normalized spacial score (nSPS) is 11.0. The standard InChI is InChI=1S/C24H22N4O2S/c1-17-8-6-7-11-20(17)23-26-27-24(31)28(23)25-15-19-12-13-21(22(14-19)29-2)30-16-18-9-4-3-5-10-18/h3-15H,16H2,1-2H3,(H,27,31). The fraction of sp³-hybridized carbons (Fsp3) is 0.125. The van der Waals surface area contributed by atoms with Gasteiger partial charge in [0.25, 0.3) is 0 Å². The molecule has 0 atom stereocenters. The Morgan fingerprint density at radius 3 is 2.58 bits per heavy atom. The van der Waals surface area contributed by atoms with Crippen molar-refractivity contribution in [2.75, 3.05) is 7.11 Å². The number of H-pyrrole nitrogens is 1. The van der Waals surface area contributed by atoms with Crippen LogP contribution in [-0.4, -0.2) is 28.2 Å². The fourth-order valence-corrected chi connectivity index (χ4v) is 3.32. The predicted molar refractivity (Wildman–Crippen MR) is 124 cm³/mol. The lowest BCUT2D eigenvalue weighted by Crippen LogP contribution is -1.99. The van der Waals surface area contributed by atoms with Crippen LogP contribution in [0.1, 0.15) is 16.7 Å². The zero-order valence-electron chi connectivity index (χ0n) is 17.3. The number of aromatic amines is 1. The summed E-state index contributed by atoms with van der Waals surface area (Å²) in [5.41, 5.74) is 4.00. The number of benzene rings is 3. The zero-order valence-corrected chi connectivity index (χ0v) is 18.1. The van der Waals surface area contributed by atoms with Crippen LogP contribution >= 0.6 is 12.2 Å². The molecule has 0 aliphatic heterocycles. The summed E-state index contributed by atoms with van der Waals surface area (Å²) in [7, 11) is 1.62. The van der Waals surface area contributed by atoms with Gasteiger partial charge in [-0.25, -0.2) is 5.10 Å². The van der Waals surface area contributed by atoms with Gasteiger partial charge >= 0.3 is 0 Å². The molecule has 0 spiro atoms. The highest BCUT2D eigenvalue weighted by Gasteiger charge is 2.10. The lowest BCUT2D eigenvalue weighted by Gasteiger charge is -2.11. The summed E-state index contributed by atoms with van der Waals surface area (Å²) < 4.78 is 13.5. The van der Waals surface area contributed by atoms with Crippen molar-refractivity contribution in [2.45, 2.75) is 13.5 Å². The molecule has 0 unspecified atom stereocenters. The first kappa shape index (κ1) is 20.6. The van der Waals surface area contributed by atoms with Crippen LogP contribution in [0.3, 0.4) is 0 Å². The van der Waals surface area contributed by atoms with E-state index in [9.17, 15) is 0 Å². The first-order chi connectivity index (χ1) is 15.2. The molecule has 0 bridgehead atoms. The second-order valence-corrected chi connectivity index (χ2v) is 7.29. The Morgan fingerprint density at radius 2 is 1.81 bits per heavy atom. The number of hydrogen-bond donors (Lipinski definition) is 1. The Bertz CT molecular complexity index is 1260. The quantitative estimate of drug-likeness (QED) is 0.316. The monoisotopic (exact) mass is 430 g/mol. The lowest BCUT2D eigenvalue weighted by molar-refractivity contribution is 0.284. The van der Waals surface area contributed by atoms with Crippen LogP contribution in [0, 0.1) is 11.7 Å². The number of hydrogen-bond acceptors (Lipinski definition) is 5. The van der Waals surface area contributed by atoms with E-state index in [-0.39, 0.29) is 0 Å². The molecule has 0 fully saturated rings. The minimum atomic E-state index is 0.421. The summed E-state index contributed by atoms with van der Waals surface area (Å²) in [6.45, 7) is 2.49. The summed E-state index contributed by atoms with van der Waals surface area (Å²) >= 11 is 5.37. The Labute approximate surface area is 185 Å². The van der Waals surface area contributed by atoms with E-state index in [1.165, 1.54) is 0 Å². The highest BCUT2D eigenvalue weighted by Crippen LogP contribution is 2.28. The van der Waals surface area contributed by atoms with E-state index < -0.39 is 0 Å². The minimum absolute atomic E-state index is 0.421. The van der Waals surface area contributed by atoms with Crippen LogP contribution in [-0.2, 0) is 6.61 Å². The van der Waals surface area contributed by atoms with E-state index in [0.29, 0.717) is 28.7 Å². The number of methoxy groups -OCH3 is 1. The third-order valence-corrected chi connectivity index (χ3v) is 5.05. The van der Waals surface area contributed by atoms with Gasteiger partial charge in [0.2, 0.25) is 4.77 Å². The molecular weight excluding hydrogens is 408 g/mol. The first-order valence-corrected chi connectivity index (χ1v) is 10.2. The van der Waals surface area contributed by atoms with Crippen LogP contribution in [0.5, 0.6) is 11.5 Å². The number of aryl methyl sites for hydroxylation is 1. The average Bonchev–Trinajstić information content (AvgIpc) is 3.17. The van der Waals surface area contributed by atoms with Crippen molar-refractivity contribution in [1.29, 1.82) is 0 Å². The summed E-state index contributed by atoms with van der Waals surface area (Å²) in [6, 6.07) is 23.6. The minimum Gasteiger partial charge on any atom is -0.493 e. The van der Waals surface area contributed by atoms with Gasteiger partial charge in [0, 0.05) is 5.56 Å². The third kappa shape index (κ3) is 4.73. The van der Waals surface area contributed by atoms with E-state index >= 15 is 0 Å². The molecule has 1 aromatic heterocycles. The highest BCUT2D eigenvalue weighted by atomic mass is 32.1. The third-order valence-electron chi connectivity index (χ3n) is 4.78. The topological polar surface area (TPSA) is 64.4 Å². The molecule has 4 aromatic rings. The first-order valence-electron chi connectivity index (χ1n) is 9.78. The van der Waals surface area contributed by atoms with E-state index in [2.05, 4.69) is 15.3 Å². The van der Waals surface area contributed by atoms with Gasteiger partial charge in [0.05, 0.1) is 13.3 Å². The van der Waals surface area contributed by atoms with Crippen molar-refractivity contribution >= 4 is 18.4 Å². The van der Waals surface area contributed by atoms with Gasteiger partial charge in [-0.15, -0.1) is 0 Å². The second-order valence-electron chi connectivity index (χ2n) is 6.91. The highest BCUT2D eigenvalue weighted by molar-refractivity contribution is 7.71. The molecule has 1 heterocycles. The van der Waals surface area contributed by atoms with Gasteiger partial charge in [-0.1, -0.05) is 54.6 Å². The predicted octanol–water partition coefficient (Wildman–Crippen LogP) is 5.39. The molecule has 156 valence electrons. The zero-order chi connectivity index (χ0) is 21.6. The molecule has 6 nitrogen and oxygen atoms in total. The maximum absolute atomic E-state index is 5.92. The molecule has 0 saturated heterocycles. The van der Waals surface area contributed by atoms with E-state index in [4.69, 9.17) is 21.7 Å². The number of rotatable bonds is 7. The Balaban J connectivity index is 1.57. The number of aromatic nitrogens is 3. The van der Waals surface area contributed by atoms with Gasteiger partial charge < -0.3 is 9.47 Å². The van der Waals surface area contributed by atoms with E-state index in [1.54, 1.807) is 18.0 Å². The molecule has 4 rings (SSSR count). The van der Waals surface area contributed by atoms with Crippen LogP contribution in [0.4, 0.5) is 0 Å². The van der Waals surface area contributed by atoms with Gasteiger partial charge in [0.15, 0.2) is 17.3 Å². The molecule has 7 heteroatoms. The molecular formula is C24H22N4O2S. The lowest BCUT2D eigenvalue weighted by atomic mass is 10.1. The van der Waals surface area contributed by atoms with Crippen molar-refractivity contribution in [1.82, 2.24) is 14.9 Å². The summed E-state index contributed by atoms with van der Waals surface area (Å²) in [6.07, 6.45) is 1.72. The molecule has 0 aliphatic rings. The molecule has 0 radical (unpaired) electrons. The van der Waals surface area contributed by atoms with Gasteiger partial charge in [-0.05, 0) is 54.0 Å². The number of ether oxygens (including phenoxy) is 2. The molecule has 0 amide bonds. The van der Waals surface area contributed by atoms with Crippen LogP contribution in [0.2, 0.25) is 0 Å². The van der Waals surface area contributed by atoms with Crippen molar-refractivity contribution in [3.05, 3.63) is 94.3 Å². The van der Waals surface area contributed by atoms with Crippen molar-refractivity contribution in [3.8, 4) is 22.9 Å². The summed E-state index contributed by atoms with van der Waals surface area (Å²) in [4.78, 5) is 0. The SMILES string of the molecule is COc1cc(C=Nn2c(-c3ccccc3C)n[nH]c2=S)ccc1OCc1ccccc1. The molecule has 1 N–H and O–H groups in total. The maximum atomic E-state index is 5.92. The molecule has 0 aliphatic carbocycles. The van der Waals surface area contributed by atoms with Gasteiger partial charge in [0.1, 0.15) is 6.61 Å². The van der Waals surface area contributed by atoms with Crippen molar-refractivity contribution in [3.63, 3.8) is 0 Å². The van der Waals surface area contributed by atoms with E-state index in [1.807, 2.05) is 79.7 Å². The largest absolute Gasteiger partial charge is 0.493 e. The second kappa shape index (κ2) is 9.40. The maximum Gasteiger partial charge on any atom is 0.216 e.